The van der Waals surface area contributed by atoms with Crippen LogP contribution in [0.1, 0.15) is 11.1 Å². The van der Waals surface area contributed by atoms with E-state index in [1.165, 1.54) is 17.7 Å². The van der Waals surface area contributed by atoms with Gasteiger partial charge in [0, 0.05) is 45.5 Å². The summed E-state index contributed by atoms with van der Waals surface area (Å²) in [6, 6.07) is 14.9. The highest BCUT2D eigenvalue weighted by Gasteiger charge is 2.20. The summed E-state index contributed by atoms with van der Waals surface area (Å²) in [5, 5.41) is 0. The van der Waals surface area contributed by atoms with Gasteiger partial charge in [-0.05, 0) is 36.8 Å². The smallest absolute Gasteiger partial charge is 0.236 e. The zero-order valence-electron chi connectivity index (χ0n) is 15.5. The maximum atomic E-state index is 13.0. The van der Waals surface area contributed by atoms with Gasteiger partial charge in [-0.25, -0.2) is 4.39 Å². The van der Waals surface area contributed by atoms with E-state index >= 15 is 0 Å². The Morgan fingerprint density at radius 3 is 2.23 bits per heavy atom. The lowest BCUT2D eigenvalue weighted by molar-refractivity contribution is -0.131. The first kappa shape index (κ1) is 18.4. The molecule has 0 radical (unpaired) electrons. The van der Waals surface area contributed by atoms with E-state index in [0.29, 0.717) is 13.1 Å². The number of halogens is 1. The highest BCUT2D eigenvalue weighted by Crippen LogP contribution is 2.17. The fourth-order valence-corrected chi connectivity index (χ4v) is 3.18. The Balaban J connectivity index is 1.46. The SMILES string of the molecule is Cc1ccc(CN(C)C(=O)CN2CCN(c3ccc(F)cc3)CC2)cc1. The Bertz CT molecular complexity index is 722. The minimum atomic E-state index is -0.213. The van der Waals surface area contributed by atoms with Gasteiger partial charge < -0.3 is 9.80 Å². The Kier molecular flexibility index (Phi) is 5.89. The third-order valence-corrected chi connectivity index (χ3v) is 4.89. The lowest BCUT2D eigenvalue weighted by Crippen LogP contribution is -2.49. The van der Waals surface area contributed by atoms with Crippen LogP contribution < -0.4 is 4.90 Å². The molecule has 1 fully saturated rings. The number of amides is 1. The van der Waals surface area contributed by atoms with Gasteiger partial charge in [0.1, 0.15) is 5.82 Å². The summed E-state index contributed by atoms with van der Waals surface area (Å²) in [7, 11) is 1.86. The van der Waals surface area contributed by atoms with Crippen LogP contribution in [0, 0.1) is 12.7 Å². The molecule has 1 amide bonds. The standard InChI is InChI=1S/C21H26FN3O/c1-17-3-5-18(6-4-17)15-23(2)21(26)16-24-11-13-25(14-12-24)20-9-7-19(22)8-10-20/h3-10H,11-16H2,1-2H3. The van der Waals surface area contributed by atoms with Crippen molar-refractivity contribution in [2.45, 2.75) is 13.5 Å². The summed E-state index contributed by atoms with van der Waals surface area (Å²) >= 11 is 0. The Morgan fingerprint density at radius 2 is 1.62 bits per heavy atom. The first-order chi connectivity index (χ1) is 12.5. The average Bonchev–Trinajstić information content (AvgIpc) is 2.65. The molecule has 26 heavy (non-hydrogen) atoms. The predicted octanol–water partition coefficient (Wildman–Crippen LogP) is 2.91. The molecule has 0 atom stereocenters. The zero-order valence-corrected chi connectivity index (χ0v) is 15.5. The number of anilines is 1. The van der Waals surface area contributed by atoms with Crippen molar-refractivity contribution in [2.24, 2.45) is 0 Å². The summed E-state index contributed by atoms with van der Waals surface area (Å²) in [5.41, 5.74) is 3.41. The normalized spacial score (nSPS) is 15.1. The van der Waals surface area contributed by atoms with Gasteiger partial charge in [-0.2, -0.15) is 0 Å². The second kappa shape index (κ2) is 8.32. The lowest BCUT2D eigenvalue weighted by Gasteiger charge is -2.36. The largest absolute Gasteiger partial charge is 0.369 e. The van der Waals surface area contributed by atoms with Crippen LogP contribution in [0.2, 0.25) is 0 Å². The number of piperazine rings is 1. The van der Waals surface area contributed by atoms with Gasteiger partial charge in [-0.1, -0.05) is 29.8 Å². The van der Waals surface area contributed by atoms with Gasteiger partial charge >= 0.3 is 0 Å². The van der Waals surface area contributed by atoms with E-state index in [0.717, 1.165) is 37.4 Å². The first-order valence-corrected chi connectivity index (χ1v) is 9.03. The molecule has 0 unspecified atom stereocenters. The minimum Gasteiger partial charge on any atom is -0.369 e. The highest BCUT2D eigenvalue weighted by molar-refractivity contribution is 5.78. The summed E-state index contributed by atoms with van der Waals surface area (Å²) in [4.78, 5) is 18.7. The number of rotatable bonds is 5. The number of aryl methyl sites for hydroxylation is 1. The molecule has 138 valence electrons. The second-order valence-corrected chi connectivity index (χ2v) is 6.98. The van der Waals surface area contributed by atoms with Gasteiger partial charge in [0.2, 0.25) is 5.91 Å². The Morgan fingerprint density at radius 1 is 1.00 bits per heavy atom. The van der Waals surface area contributed by atoms with Gasteiger partial charge in [0.25, 0.3) is 0 Å². The lowest BCUT2D eigenvalue weighted by atomic mass is 10.1. The highest BCUT2D eigenvalue weighted by atomic mass is 19.1. The van der Waals surface area contributed by atoms with Crippen LogP contribution in [-0.4, -0.2) is 55.5 Å². The first-order valence-electron chi connectivity index (χ1n) is 9.03. The summed E-state index contributed by atoms with van der Waals surface area (Å²) in [5.74, 6) is -0.0737. The number of nitrogens with zero attached hydrogens (tertiary/aromatic N) is 3. The van der Waals surface area contributed by atoms with E-state index < -0.39 is 0 Å². The number of hydrogen-bond acceptors (Lipinski definition) is 3. The minimum absolute atomic E-state index is 0.140. The molecule has 3 rings (SSSR count). The van der Waals surface area contributed by atoms with Crippen LogP contribution in [0.25, 0.3) is 0 Å². The van der Waals surface area contributed by atoms with Gasteiger partial charge in [-0.15, -0.1) is 0 Å². The van der Waals surface area contributed by atoms with Gasteiger partial charge in [0.15, 0.2) is 0 Å². The molecule has 0 aliphatic carbocycles. The Hall–Kier alpha value is -2.40. The number of carbonyl (C=O) groups excluding carboxylic acids is 1. The summed E-state index contributed by atoms with van der Waals surface area (Å²) < 4.78 is 13.0. The molecule has 1 aliphatic heterocycles. The van der Waals surface area contributed by atoms with Crippen molar-refractivity contribution in [1.82, 2.24) is 9.80 Å². The molecule has 0 spiro atoms. The van der Waals surface area contributed by atoms with E-state index in [9.17, 15) is 9.18 Å². The maximum Gasteiger partial charge on any atom is 0.236 e. The summed E-state index contributed by atoms with van der Waals surface area (Å²) in [6.07, 6.45) is 0. The average molecular weight is 355 g/mol. The molecule has 4 nitrogen and oxygen atoms in total. The molecule has 0 bridgehead atoms. The van der Waals surface area contributed by atoms with Crippen molar-refractivity contribution in [3.8, 4) is 0 Å². The quantitative estimate of drug-likeness (QED) is 0.825. The fourth-order valence-electron chi connectivity index (χ4n) is 3.18. The molecule has 5 heteroatoms. The molecular formula is C21H26FN3O. The topological polar surface area (TPSA) is 26.8 Å². The van der Waals surface area contributed by atoms with Crippen LogP contribution in [0.15, 0.2) is 48.5 Å². The molecule has 1 saturated heterocycles. The number of hydrogen-bond donors (Lipinski definition) is 0. The second-order valence-electron chi connectivity index (χ2n) is 6.98. The third kappa shape index (κ3) is 4.82. The number of carbonyl (C=O) groups is 1. The molecular weight excluding hydrogens is 329 g/mol. The monoisotopic (exact) mass is 355 g/mol. The zero-order chi connectivity index (χ0) is 18.5. The van der Waals surface area contributed by atoms with Crippen molar-refractivity contribution in [1.29, 1.82) is 0 Å². The number of benzene rings is 2. The molecule has 1 heterocycles. The van der Waals surface area contributed by atoms with E-state index in [2.05, 4.69) is 41.0 Å². The molecule has 1 aliphatic rings. The van der Waals surface area contributed by atoms with Crippen LogP contribution in [0.4, 0.5) is 10.1 Å². The van der Waals surface area contributed by atoms with Crippen LogP contribution in [-0.2, 0) is 11.3 Å². The van der Waals surface area contributed by atoms with Crippen LogP contribution in [0.3, 0.4) is 0 Å². The van der Waals surface area contributed by atoms with Gasteiger partial charge in [0.05, 0.1) is 6.54 Å². The van der Waals surface area contributed by atoms with E-state index in [-0.39, 0.29) is 11.7 Å². The molecule has 0 saturated carbocycles. The molecule has 0 aromatic heterocycles. The van der Waals surface area contributed by atoms with Crippen molar-refractivity contribution >= 4 is 11.6 Å². The van der Waals surface area contributed by atoms with Crippen molar-refractivity contribution in [3.05, 3.63) is 65.5 Å². The third-order valence-electron chi connectivity index (χ3n) is 4.89. The van der Waals surface area contributed by atoms with Crippen molar-refractivity contribution in [2.75, 3.05) is 44.7 Å². The molecule has 0 N–H and O–H groups in total. The molecule has 2 aromatic rings. The van der Waals surface area contributed by atoms with Crippen LogP contribution >= 0.6 is 0 Å². The molecule has 2 aromatic carbocycles. The van der Waals surface area contributed by atoms with E-state index in [4.69, 9.17) is 0 Å². The Labute approximate surface area is 154 Å². The van der Waals surface area contributed by atoms with Gasteiger partial charge in [-0.3, -0.25) is 9.69 Å². The predicted molar refractivity (Wildman–Crippen MR) is 103 cm³/mol. The van der Waals surface area contributed by atoms with E-state index in [1.54, 1.807) is 4.90 Å². The summed E-state index contributed by atoms with van der Waals surface area (Å²) in [6.45, 7) is 6.50. The van der Waals surface area contributed by atoms with Crippen LogP contribution in [0.5, 0.6) is 0 Å². The number of likely N-dealkylation sites (N-methyl/N-ethyl adjacent to an activating group) is 1. The fraction of sp³-hybridized carbons (Fsp3) is 0.381. The van der Waals surface area contributed by atoms with Crippen molar-refractivity contribution < 1.29 is 9.18 Å². The van der Waals surface area contributed by atoms with Crippen molar-refractivity contribution in [3.63, 3.8) is 0 Å². The van der Waals surface area contributed by atoms with E-state index in [1.807, 2.05) is 19.2 Å². The maximum absolute atomic E-state index is 13.0.